The van der Waals surface area contributed by atoms with Gasteiger partial charge in [0.15, 0.2) is 0 Å². The van der Waals surface area contributed by atoms with Crippen LogP contribution in [0.1, 0.15) is 6.42 Å². The predicted molar refractivity (Wildman–Crippen MR) is 54.8 cm³/mol. The first-order valence-electron chi connectivity index (χ1n) is 4.73. The molecule has 1 aliphatic rings. The molecule has 74 valence electrons. The summed E-state index contributed by atoms with van der Waals surface area (Å²) in [4.78, 5) is 2.38. The van der Waals surface area contributed by atoms with Crippen LogP contribution in [0, 0.1) is 0 Å². The Labute approximate surface area is 79.7 Å². The van der Waals surface area contributed by atoms with E-state index in [-0.39, 0.29) is 0 Å². The Hall–Kier alpha value is -0.800. The largest absolute Gasteiger partial charge is 0.516 e. The molecule has 0 aromatic heterocycles. The molecule has 0 aromatic carbocycles. The summed E-state index contributed by atoms with van der Waals surface area (Å²) in [7, 11) is 0. The Morgan fingerprint density at radius 3 is 3.15 bits per heavy atom. The van der Waals surface area contributed by atoms with Gasteiger partial charge in [0.1, 0.15) is 0 Å². The van der Waals surface area contributed by atoms with Crippen molar-refractivity contribution in [1.29, 1.82) is 0 Å². The predicted octanol–water partition coefficient (Wildman–Crippen LogP) is 0.908. The lowest BCUT2D eigenvalue weighted by Gasteiger charge is -2.34. The fourth-order valence-corrected chi connectivity index (χ4v) is 1.66. The zero-order chi connectivity index (χ0) is 9.52. The molecular formula is C10H18N2O. The van der Waals surface area contributed by atoms with E-state index in [9.17, 15) is 0 Å². The van der Waals surface area contributed by atoms with Crippen LogP contribution < -0.4 is 5.32 Å². The van der Waals surface area contributed by atoms with Gasteiger partial charge >= 0.3 is 0 Å². The summed E-state index contributed by atoms with van der Waals surface area (Å²) in [6.07, 6.45) is 5.76. The minimum atomic E-state index is 0.496. The number of piperazine rings is 1. The van der Waals surface area contributed by atoms with Crippen molar-refractivity contribution in [3.05, 3.63) is 25.0 Å². The first kappa shape index (κ1) is 10.3. The van der Waals surface area contributed by atoms with Gasteiger partial charge in [0.05, 0.1) is 6.26 Å². The van der Waals surface area contributed by atoms with E-state index in [2.05, 4.69) is 16.8 Å². The maximum absolute atomic E-state index is 8.57. The van der Waals surface area contributed by atoms with Gasteiger partial charge in [0.25, 0.3) is 0 Å². The zero-order valence-electron chi connectivity index (χ0n) is 7.95. The third-order valence-corrected chi connectivity index (χ3v) is 2.35. The molecule has 0 aromatic rings. The lowest BCUT2D eigenvalue weighted by Crippen LogP contribution is -2.50. The minimum Gasteiger partial charge on any atom is -0.516 e. The highest BCUT2D eigenvalue weighted by molar-refractivity contribution is 4.89. The molecule has 3 nitrogen and oxygen atoms in total. The van der Waals surface area contributed by atoms with E-state index in [1.807, 2.05) is 6.08 Å². The Morgan fingerprint density at radius 1 is 1.62 bits per heavy atom. The van der Waals surface area contributed by atoms with Crippen molar-refractivity contribution in [2.75, 3.05) is 26.2 Å². The fourth-order valence-electron chi connectivity index (χ4n) is 1.66. The number of rotatable bonds is 4. The fraction of sp³-hybridized carbons (Fsp3) is 0.600. The second-order valence-corrected chi connectivity index (χ2v) is 3.26. The van der Waals surface area contributed by atoms with Crippen LogP contribution in [0.3, 0.4) is 0 Å². The highest BCUT2D eigenvalue weighted by Crippen LogP contribution is 2.07. The van der Waals surface area contributed by atoms with Crippen molar-refractivity contribution in [3.63, 3.8) is 0 Å². The van der Waals surface area contributed by atoms with Crippen molar-refractivity contribution < 1.29 is 5.11 Å². The van der Waals surface area contributed by atoms with Crippen LogP contribution in [0.25, 0.3) is 0 Å². The lowest BCUT2D eigenvalue weighted by atomic mass is 10.1. The van der Waals surface area contributed by atoms with Gasteiger partial charge in [-0.2, -0.15) is 0 Å². The molecule has 1 heterocycles. The highest BCUT2D eigenvalue weighted by Gasteiger charge is 2.19. The van der Waals surface area contributed by atoms with Crippen molar-refractivity contribution in [1.82, 2.24) is 10.2 Å². The van der Waals surface area contributed by atoms with Crippen molar-refractivity contribution in [2.45, 2.75) is 12.5 Å². The third kappa shape index (κ3) is 3.20. The molecule has 0 radical (unpaired) electrons. The maximum Gasteiger partial charge on any atom is 0.0752 e. The summed E-state index contributed by atoms with van der Waals surface area (Å²) in [5.41, 5.74) is 0. The van der Waals surface area contributed by atoms with E-state index in [1.54, 1.807) is 6.08 Å². The third-order valence-electron chi connectivity index (χ3n) is 2.35. The molecular weight excluding hydrogens is 164 g/mol. The summed E-state index contributed by atoms with van der Waals surface area (Å²) in [6, 6.07) is 0.496. The maximum atomic E-state index is 8.57. The number of nitrogens with one attached hydrogen (secondary N) is 1. The molecule has 0 spiro atoms. The molecule has 1 fully saturated rings. The molecule has 1 saturated heterocycles. The molecule has 0 amide bonds. The lowest BCUT2D eigenvalue weighted by molar-refractivity contribution is 0.180. The standard InChI is InChI=1S/C10H18N2O/c1-2-6-12-7-5-11-9-10(12)4-3-8-13/h2-3,8,10-11,13H,1,4-7,9H2. The average molecular weight is 182 g/mol. The van der Waals surface area contributed by atoms with Crippen LogP contribution in [0.4, 0.5) is 0 Å². The zero-order valence-corrected chi connectivity index (χ0v) is 7.95. The highest BCUT2D eigenvalue weighted by atomic mass is 16.2. The van der Waals surface area contributed by atoms with E-state index >= 15 is 0 Å². The SMILES string of the molecule is C=CCN1CCNCC1CC=CO. The van der Waals surface area contributed by atoms with Gasteiger partial charge in [-0.1, -0.05) is 6.08 Å². The Bertz CT molecular complexity index is 180. The Balaban J connectivity index is 2.40. The van der Waals surface area contributed by atoms with Gasteiger partial charge in [-0.15, -0.1) is 6.58 Å². The Morgan fingerprint density at radius 2 is 2.46 bits per heavy atom. The molecule has 1 unspecified atom stereocenters. The van der Waals surface area contributed by atoms with E-state index in [0.717, 1.165) is 38.9 Å². The second-order valence-electron chi connectivity index (χ2n) is 3.26. The quantitative estimate of drug-likeness (QED) is 0.501. The summed E-state index contributed by atoms with van der Waals surface area (Å²) >= 11 is 0. The van der Waals surface area contributed by atoms with Crippen LogP contribution in [0.15, 0.2) is 25.0 Å². The second kappa shape index (κ2) is 5.78. The molecule has 0 bridgehead atoms. The molecule has 1 atom stereocenters. The molecule has 2 N–H and O–H groups in total. The summed E-state index contributed by atoms with van der Waals surface area (Å²) in [6.45, 7) is 7.79. The molecule has 1 rings (SSSR count). The van der Waals surface area contributed by atoms with Crippen molar-refractivity contribution in [2.24, 2.45) is 0 Å². The van der Waals surface area contributed by atoms with E-state index in [1.165, 1.54) is 0 Å². The van der Waals surface area contributed by atoms with E-state index in [0.29, 0.717) is 6.04 Å². The van der Waals surface area contributed by atoms with Gasteiger partial charge in [-0.3, -0.25) is 4.90 Å². The smallest absolute Gasteiger partial charge is 0.0752 e. The topological polar surface area (TPSA) is 35.5 Å². The number of hydrogen-bond donors (Lipinski definition) is 2. The average Bonchev–Trinajstić information content (AvgIpc) is 2.17. The minimum absolute atomic E-state index is 0.496. The Kier molecular flexibility index (Phi) is 4.57. The summed E-state index contributed by atoms with van der Waals surface area (Å²) in [5, 5.41) is 11.9. The van der Waals surface area contributed by atoms with Crippen LogP contribution >= 0.6 is 0 Å². The number of aliphatic hydroxyl groups is 1. The molecule has 3 heteroatoms. The molecule has 13 heavy (non-hydrogen) atoms. The summed E-state index contributed by atoms with van der Waals surface area (Å²) in [5.74, 6) is 0. The molecule has 0 aliphatic carbocycles. The van der Waals surface area contributed by atoms with Crippen molar-refractivity contribution >= 4 is 0 Å². The first-order chi connectivity index (χ1) is 6.38. The van der Waals surface area contributed by atoms with Gasteiger partial charge in [0.2, 0.25) is 0 Å². The van der Waals surface area contributed by atoms with Crippen molar-refractivity contribution in [3.8, 4) is 0 Å². The van der Waals surface area contributed by atoms with Crippen LogP contribution in [-0.4, -0.2) is 42.2 Å². The van der Waals surface area contributed by atoms with Gasteiger partial charge in [0, 0.05) is 32.2 Å². The molecule has 0 saturated carbocycles. The van der Waals surface area contributed by atoms with Gasteiger partial charge < -0.3 is 10.4 Å². The molecule has 1 aliphatic heterocycles. The van der Waals surface area contributed by atoms with Crippen LogP contribution in [0.5, 0.6) is 0 Å². The van der Waals surface area contributed by atoms with Gasteiger partial charge in [-0.05, 0) is 12.5 Å². The van der Waals surface area contributed by atoms with Crippen LogP contribution in [0.2, 0.25) is 0 Å². The first-order valence-corrected chi connectivity index (χ1v) is 4.73. The number of aliphatic hydroxyl groups excluding tert-OH is 1. The van der Waals surface area contributed by atoms with E-state index < -0.39 is 0 Å². The van der Waals surface area contributed by atoms with Crippen LogP contribution in [-0.2, 0) is 0 Å². The monoisotopic (exact) mass is 182 g/mol. The number of nitrogens with zero attached hydrogens (tertiary/aromatic N) is 1. The normalized spacial score (nSPS) is 25.1. The van der Waals surface area contributed by atoms with Gasteiger partial charge in [-0.25, -0.2) is 0 Å². The number of hydrogen-bond acceptors (Lipinski definition) is 3. The van der Waals surface area contributed by atoms with E-state index in [4.69, 9.17) is 5.11 Å². The summed E-state index contributed by atoms with van der Waals surface area (Å²) < 4.78 is 0.